The molecule has 2 heterocycles. The van der Waals surface area contributed by atoms with Crippen molar-refractivity contribution in [3.8, 4) is 0 Å². The molecule has 35 heavy (non-hydrogen) atoms. The minimum atomic E-state index is -3.20. The van der Waals surface area contributed by atoms with Gasteiger partial charge in [0, 0.05) is 12.3 Å². The van der Waals surface area contributed by atoms with Gasteiger partial charge in [0.1, 0.15) is 18.3 Å². The van der Waals surface area contributed by atoms with Gasteiger partial charge in [-0.2, -0.15) is 0 Å². The number of nitrogens with zero attached hydrogens (tertiary/aromatic N) is 1. The first-order chi connectivity index (χ1) is 16.6. The summed E-state index contributed by atoms with van der Waals surface area (Å²) in [5.74, 6) is 0. The third-order valence-electron chi connectivity index (χ3n) is 6.40. The van der Waals surface area contributed by atoms with Crippen LogP contribution >= 0.6 is 0 Å². The standard InChI is InChI=1S/C25H30N2O7Si/c1-25(2,3)35(16-10-6-4-7-11-16,17-12-8-5-9-13-17)34-20-19(29)22(33-21(20)23(30)31)27-15-14-18(28)26-24(27)32/h4-15,19-23,29-31H,1-3H3,(H,26,28,32). The third kappa shape index (κ3) is 4.56. The Kier molecular flexibility index (Phi) is 6.96. The molecule has 2 aromatic carbocycles. The first kappa shape index (κ1) is 25.2. The Bertz CT molecular complexity index is 1210. The predicted octanol–water partition coefficient (Wildman–Crippen LogP) is 0.0508. The Morgan fingerprint density at radius 3 is 1.97 bits per heavy atom. The topological polar surface area (TPSA) is 134 Å². The highest BCUT2D eigenvalue weighted by Gasteiger charge is 2.57. The van der Waals surface area contributed by atoms with Gasteiger partial charge in [-0.15, -0.1) is 0 Å². The van der Waals surface area contributed by atoms with Crippen LogP contribution in [0, 0.1) is 0 Å². The predicted molar refractivity (Wildman–Crippen MR) is 132 cm³/mol. The van der Waals surface area contributed by atoms with Crippen molar-refractivity contribution in [2.24, 2.45) is 0 Å². The molecule has 10 heteroatoms. The number of nitrogens with one attached hydrogen (secondary N) is 1. The lowest BCUT2D eigenvalue weighted by Gasteiger charge is -2.45. The van der Waals surface area contributed by atoms with Crippen LogP contribution in [0.15, 0.2) is 82.5 Å². The molecule has 4 rings (SSSR count). The van der Waals surface area contributed by atoms with Crippen LogP contribution < -0.4 is 21.6 Å². The maximum Gasteiger partial charge on any atom is 0.330 e. The van der Waals surface area contributed by atoms with Crippen LogP contribution in [0.25, 0.3) is 0 Å². The van der Waals surface area contributed by atoms with Crippen LogP contribution in [-0.2, 0) is 9.16 Å². The second-order valence-electron chi connectivity index (χ2n) is 9.66. The molecular formula is C25H30N2O7Si. The van der Waals surface area contributed by atoms with Gasteiger partial charge < -0.3 is 24.5 Å². The summed E-state index contributed by atoms with van der Waals surface area (Å²) in [4.78, 5) is 26.0. The quantitative estimate of drug-likeness (QED) is 0.279. The molecule has 9 nitrogen and oxygen atoms in total. The third-order valence-corrected chi connectivity index (χ3v) is 11.4. The molecule has 0 bridgehead atoms. The highest BCUT2D eigenvalue weighted by atomic mass is 28.4. The minimum absolute atomic E-state index is 0.451. The maximum atomic E-state index is 12.4. The number of aromatic amines is 1. The molecule has 0 spiro atoms. The summed E-state index contributed by atoms with van der Waals surface area (Å²) in [6, 6.07) is 20.5. The lowest BCUT2D eigenvalue weighted by atomic mass is 10.1. The molecule has 1 saturated heterocycles. The fourth-order valence-corrected chi connectivity index (χ4v) is 9.50. The van der Waals surface area contributed by atoms with Crippen molar-refractivity contribution < 1.29 is 24.5 Å². The smallest absolute Gasteiger partial charge is 0.330 e. The zero-order valence-electron chi connectivity index (χ0n) is 19.7. The average molecular weight is 499 g/mol. The molecule has 0 radical (unpaired) electrons. The Morgan fingerprint density at radius 2 is 1.51 bits per heavy atom. The van der Waals surface area contributed by atoms with E-state index >= 15 is 0 Å². The first-order valence-electron chi connectivity index (χ1n) is 11.4. The van der Waals surface area contributed by atoms with Gasteiger partial charge in [0.2, 0.25) is 0 Å². The van der Waals surface area contributed by atoms with Gasteiger partial charge in [0.15, 0.2) is 12.5 Å². The number of benzene rings is 2. The summed E-state index contributed by atoms with van der Waals surface area (Å²) in [6.45, 7) is 6.15. The summed E-state index contributed by atoms with van der Waals surface area (Å²) in [7, 11) is -3.20. The number of hydrogen-bond donors (Lipinski definition) is 4. The molecule has 1 aromatic heterocycles. The number of hydrogen-bond acceptors (Lipinski definition) is 7. The van der Waals surface area contributed by atoms with Crippen LogP contribution in [-0.4, -0.2) is 57.8 Å². The van der Waals surface area contributed by atoms with Crippen molar-refractivity contribution in [2.75, 3.05) is 0 Å². The van der Waals surface area contributed by atoms with Crippen molar-refractivity contribution in [2.45, 2.75) is 56.6 Å². The summed E-state index contributed by atoms with van der Waals surface area (Å²) < 4.78 is 13.7. The zero-order chi connectivity index (χ0) is 25.4. The van der Waals surface area contributed by atoms with Gasteiger partial charge in [-0.25, -0.2) is 4.79 Å². The van der Waals surface area contributed by atoms with E-state index in [1.165, 1.54) is 6.20 Å². The molecule has 0 amide bonds. The van der Waals surface area contributed by atoms with Gasteiger partial charge in [0.05, 0.1) is 0 Å². The van der Waals surface area contributed by atoms with Crippen LogP contribution in [0.1, 0.15) is 27.0 Å². The zero-order valence-corrected chi connectivity index (χ0v) is 20.7. The lowest BCUT2D eigenvalue weighted by molar-refractivity contribution is -0.166. The normalized spacial score (nSPS) is 23.1. The number of aromatic nitrogens is 2. The molecule has 3 aromatic rings. The van der Waals surface area contributed by atoms with E-state index in [9.17, 15) is 24.9 Å². The van der Waals surface area contributed by atoms with Crippen LogP contribution in [0.3, 0.4) is 0 Å². The highest BCUT2D eigenvalue weighted by molar-refractivity contribution is 6.99. The molecule has 4 atom stereocenters. The van der Waals surface area contributed by atoms with Gasteiger partial charge in [-0.05, 0) is 15.4 Å². The molecule has 0 aliphatic carbocycles. The van der Waals surface area contributed by atoms with Crippen LogP contribution in [0.5, 0.6) is 0 Å². The summed E-state index contributed by atoms with van der Waals surface area (Å²) in [5.41, 5.74) is -1.39. The Balaban J connectivity index is 1.86. The molecule has 1 fully saturated rings. The van der Waals surface area contributed by atoms with Gasteiger partial charge >= 0.3 is 5.69 Å². The minimum Gasteiger partial charge on any atom is -0.399 e. The molecule has 4 unspecified atom stereocenters. The SMILES string of the molecule is CC(C)(C)[Si](OC1C(O)C(n2ccc(=O)[nH]c2=O)OC1C(O)O)(c1ccccc1)c1ccccc1. The van der Waals surface area contributed by atoms with Crippen molar-refractivity contribution >= 4 is 18.7 Å². The van der Waals surface area contributed by atoms with E-state index in [-0.39, 0.29) is 0 Å². The first-order valence-corrected chi connectivity index (χ1v) is 13.3. The summed E-state index contributed by atoms with van der Waals surface area (Å²) in [6.07, 6.45) is -6.07. The van der Waals surface area contributed by atoms with E-state index in [1.807, 2.05) is 60.7 Å². The van der Waals surface area contributed by atoms with Crippen molar-refractivity contribution in [1.82, 2.24) is 9.55 Å². The van der Waals surface area contributed by atoms with E-state index in [0.717, 1.165) is 21.0 Å². The van der Waals surface area contributed by atoms with Gasteiger partial charge in [-0.3, -0.25) is 14.3 Å². The highest BCUT2D eigenvalue weighted by Crippen LogP contribution is 2.41. The summed E-state index contributed by atoms with van der Waals surface area (Å²) >= 11 is 0. The van der Waals surface area contributed by atoms with Crippen molar-refractivity contribution in [1.29, 1.82) is 0 Å². The maximum absolute atomic E-state index is 12.4. The lowest BCUT2D eigenvalue weighted by Crippen LogP contribution is -2.69. The second kappa shape index (κ2) is 9.65. The average Bonchev–Trinajstić information content (AvgIpc) is 3.13. The van der Waals surface area contributed by atoms with Gasteiger partial charge in [0.25, 0.3) is 13.9 Å². The van der Waals surface area contributed by atoms with E-state index < -0.39 is 55.4 Å². The van der Waals surface area contributed by atoms with Crippen molar-refractivity contribution in [3.63, 3.8) is 0 Å². The van der Waals surface area contributed by atoms with E-state index in [2.05, 4.69) is 25.8 Å². The molecule has 0 saturated carbocycles. The Hall–Kier alpha value is -2.86. The van der Waals surface area contributed by atoms with E-state index in [4.69, 9.17) is 9.16 Å². The molecule has 4 N–H and O–H groups in total. The Labute approximate surface area is 203 Å². The number of H-pyrrole nitrogens is 1. The summed E-state index contributed by atoms with van der Waals surface area (Å²) in [5, 5.41) is 33.1. The molecule has 1 aliphatic rings. The second-order valence-corrected chi connectivity index (χ2v) is 13.9. The Morgan fingerprint density at radius 1 is 0.971 bits per heavy atom. The molecular weight excluding hydrogens is 468 g/mol. The fraction of sp³-hybridized carbons (Fsp3) is 0.360. The monoisotopic (exact) mass is 498 g/mol. The number of rotatable bonds is 6. The van der Waals surface area contributed by atoms with Crippen LogP contribution in [0.4, 0.5) is 0 Å². The number of aliphatic hydroxyl groups is 3. The molecule has 1 aliphatic heterocycles. The molecule has 186 valence electrons. The number of aliphatic hydroxyl groups excluding tert-OH is 2. The fourth-order valence-electron chi connectivity index (χ4n) is 4.81. The van der Waals surface area contributed by atoms with E-state index in [0.29, 0.717) is 0 Å². The number of ether oxygens (including phenoxy) is 1. The van der Waals surface area contributed by atoms with Crippen molar-refractivity contribution in [3.05, 3.63) is 93.8 Å². The van der Waals surface area contributed by atoms with Gasteiger partial charge in [-0.1, -0.05) is 81.4 Å². The van der Waals surface area contributed by atoms with E-state index in [1.54, 1.807) is 0 Å². The largest absolute Gasteiger partial charge is 0.399 e. The van der Waals surface area contributed by atoms with Crippen LogP contribution in [0.2, 0.25) is 5.04 Å².